The molecule has 2 aromatic rings. The summed E-state index contributed by atoms with van der Waals surface area (Å²) in [4.78, 5) is 12.1. The second-order valence-electron chi connectivity index (χ2n) is 6.40. The third kappa shape index (κ3) is 5.41. The summed E-state index contributed by atoms with van der Waals surface area (Å²) in [5, 5.41) is 3.05. The number of hydrogen-bond donors (Lipinski definition) is 1. The van der Waals surface area contributed by atoms with E-state index in [1.54, 1.807) is 0 Å². The summed E-state index contributed by atoms with van der Waals surface area (Å²) in [6.45, 7) is 8.80. The van der Waals surface area contributed by atoms with Crippen molar-refractivity contribution in [2.24, 2.45) is 0 Å². The molecule has 2 rings (SSSR count). The minimum Gasteiger partial charge on any atom is -0.494 e. The minimum atomic E-state index is 0.0230. The average Bonchev–Trinajstić information content (AvgIpc) is 2.55. The first-order valence-corrected chi connectivity index (χ1v) is 8.51. The van der Waals surface area contributed by atoms with Gasteiger partial charge in [0.25, 0.3) is 0 Å². The standard InChI is InChI=1S/C21H27NO2/c1-15-7-11-20(12-8-15)24-13-5-6-21(23)22-18(4)19-10-9-16(2)17(3)14-19/h7-12,14,18H,5-6,13H2,1-4H3,(H,22,23)/t18-/m0/s1. The highest BCUT2D eigenvalue weighted by atomic mass is 16.5. The SMILES string of the molecule is Cc1ccc(OCCCC(=O)N[C@@H](C)c2ccc(C)c(C)c2)cc1. The monoisotopic (exact) mass is 325 g/mol. The Bertz CT molecular complexity index is 677. The van der Waals surface area contributed by atoms with Crippen LogP contribution in [0.5, 0.6) is 5.75 Å². The number of hydrogen-bond acceptors (Lipinski definition) is 2. The Morgan fingerprint density at radius 2 is 1.75 bits per heavy atom. The van der Waals surface area contributed by atoms with Crippen molar-refractivity contribution in [3.8, 4) is 5.75 Å². The van der Waals surface area contributed by atoms with Crippen LogP contribution in [0.3, 0.4) is 0 Å². The maximum atomic E-state index is 12.1. The van der Waals surface area contributed by atoms with E-state index in [1.807, 2.05) is 38.1 Å². The summed E-state index contributed by atoms with van der Waals surface area (Å²) in [6.07, 6.45) is 1.18. The molecule has 0 fully saturated rings. The molecule has 0 aliphatic rings. The molecule has 2 aromatic carbocycles. The van der Waals surface area contributed by atoms with Gasteiger partial charge in [-0.3, -0.25) is 4.79 Å². The largest absolute Gasteiger partial charge is 0.494 e. The van der Waals surface area contributed by atoms with Gasteiger partial charge >= 0.3 is 0 Å². The lowest BCUT2D eigenvalue weighted by Gasteiger charge is -2.16. The minimum absolute atomic E-state index is 0.0230. The molecule has 0 saturated carbocycles. The molecule has 1 atom stereocenters. The lowest BCUT2D eigenvalue weighted by molar-refractivity contribution is -0.121. The summed E-state index contributed by atoms with van der Waals surface area (Å²) in [7, 11) is 0. The van der Waals surface area contributed by atoms with Gasteiger partial charge in [0.05, 0.1) is 12.6 Å². The first-order valence-electron chi connectivity index (χ1n) is 8.51. The van der Waals surface area contributed by atoms with E-state index in [1.165, 1.54) is 16.7 Å². The van der Waals surface area contributed by atoms with Gasteiger partial charge in [-0.15, -0.1) is 0 Å². The van der Waals surface area contributed by atoms with E-state index in [4.69, 9.17) is 4.74 Å². The highest BCUT2D eigenvalue weighted by Crippen LogP contribution is 2.17. The third-order valence-electron chi connectivity index (χ3n) is 4.25. The van der Waals surface area contributed by atoms with Crippen molar-refractivity contribution in [2.45, 2.75) is 46.6 Å². The van der Waals surface area contributed by atoms with Crippen LogP contribution in [0.25, 0.3) is 0 Å². The molecule has 3 heteroatoms. The van der Waals surface area contributed by atoms with Crippen molar-refractivity contribution in [3.63, 3.8) is 0 Å². The molecule has 3 nitrogen and oxygen atoms in total. The molecule has 128 valence electrons. The Hall–Kier alpha value is -2.29. The van der Waals surface area contributed by atoms with Crippen LogP contribution in [0, 0.1) is 20.8 Å². The zero-order chi connectivity index (χ0) is 17.5. The molecule has 1 N–H and O–H groups in total. The molecule has 0 aromatic heterocycles. The first-order chi connectivity index (χ1) is 11.5. The molecule has 0 aliphatic carbocycles. The summed E-state index contributed by atoms with van der Waals surface area (Å²) < 4.78 is 5.65. The van der Waals surface area contributed by atoms with E-state index in [9.17, 15) is 4.79 Å². The Morgan fingerprint density at radius 1 is 1.04 bits per heavy atom. The molecule has 0 radical (unpaired) electrons. The van der Waals surface area contributed by atoms with Gasteiger partial charge in [0.2, 0.25) is 5.91 Å². The van der Waals surface area contributed by atoms with Gasteiger partial charge < -0.3 is 10.1 Å². The Labute approximate surface area is 145 Å². The van der Waals surface area contributed by atoms with Crippen molar-refractivity contribution < 1.29 is 9.53 Å². The number of aryl methyl sites for hydroxylation is 3. The van der Waals surface area contributed by atoms with E-state index in [0.717, 1.165) is 11.3 Å². The van der Waals surface area contributed by atoms with E-state index < -0.39 is 0 Å². The second-order valence-corrected chi connectivity index (χ2v) is 6.40. The van der Waals surface area contributed by atoms with Crippen LogP contribution in [-0.2, 0) is 4.79 Å². The number of ether oxygens (including phenoxy) is 1. The number of carbonyl (C=O) groups excluding carboxylic acids is 1. The van der Waals surface area contributed by atoms with Crippen LogP contribution in [0.4, 0.5) is 0 Å². The van der Waals surface area contributed by atoms with Gasteiger partial charge in [0.1, 0.15) is 5.75 Å². The molecule has 0 saturated heterocycles. The Kier molecular flexibility index (Phi) is 6.42. The molecular weight excluding hydrogens is 298 g/mol. The summed E-state index contributed by atoms with van der Waals surface area (Å²) in [5.74, 6) is 0.915. The molecule has 0 spiro atoms. The number of rotatable bonds is 7. The van der Waals surface area contributed by atoms with E-state index in [-0.39, 0.29) is 11.9 Å². The van der Waals surface area contributed by atoms with E-state index >= 15 is 0 Å². The molecule has 0 unspecified atom stereocenters. The first kappa shape index (κ1) is 18.1. The fourth-order valence-electron chi connectivity index (χ4n) is 2.49. The van der Waals surface area contributed by atoms with Crippen LogP contribution in [-0.4, -0.2) is 12.5 Å². The van der Waals surface area contributed by atoms with Gasteiger partial charge in [0.15, 0.2) is 0 Å². The normalized spacial score (nSPS) is 11.8. The highest BCUT2D eigenvalue weighted by molar-refractivity contribution is 5.76. The quantitative estimate of drug-likeness (QED) is 0.753. The number of carbonyl (C=O) groups is 1. The zero-order valence-corrected chi connectivity index (χ0v) is 15.1. The predicted octanol–water partition coefficient (Wildman–Crippen LogP) is 4.65. The van der Waals surface area contributed by atoms with Crippen LogP contribution in [0.2, 0.25) is 0 Å². The topological polar surface area (TPSA) is 38.3 Å². The predicted molar refractivity (Wildman–Crippen MR) is 98.4 cm³/mol. The van der Waals surface area contributed by atoms with Crippen molar-refractivity contribution in [3.05, 3.63) is 64.7 Å². The van der Waals surface area contributed by atoms with Crippen molar-refractivity contribution in [1.82, 2.24) is 5.32 Å². The average molecular weight is 325 g/mol. The molecular formula is C21H27NO2. The van der Waals surface area contributed by atoms with E-state index in [0.29, 0.717) is 19.4 Å². The molecule has 1 amide bonds. The van der Waals surface area contributed by atoms with Gasteiger partial charge in [-0.2, -0.15) is 0 Å². The third-order valence-corrected chi connectivity index (χ3v) is 4.25. The second kappa shape index (κ2) is 8.53. The Balaban J connectivity index is 1.72. The smallest absolute Gasteiger partial charge is 0.220 e. The van der Waals surface area contributed by atoms with Gasteiger partial charge in [0, 0.05) is 6.42 Å². The van der Waals surface area contributed by atoms with Crippen LogP contribution >= 0.6 is 0 Å². The fourth-order valence-corrected chi connectivity index (χ4v) is 2.49. The lowest BCUT2D eigenvalue weighted by Crippen LogP contribution is -2.26. The zero-order valence-electron chi connectivity index (χ0n) is 15.1. The van der Waals surface area contributed by atoms with E-state index in [2.05, 4.69) is 37.4 Å². The molecule has 24 heavy (non-hydrogen) atoms. The number of benzene rings is 2. The maximum absolute atomic E-state index is 12.1. The molecule has 0 heterocycles. The van der Waals surface area contributed by atoms with Crippen LogP contribution in [0.15, 0.2) is 42.5 Å². The van der Waals surface area contributed by atoms with Gasteiger partial charge in [-0.1, -0.05) is 35.9 Å². The molecule has 0 bridgehead atoms. The Morgan fingerprint density at radius 3 is 2.42 bits per heavy atom. The van der Waals surface area contributed by atoms with Crippen LogP contribution in [0.1, 0.15) is 48.1 Å². The van der Waals surface area contributed by atoms with Gasteiger partial charge in [-0.25, -0.2) is 0 Å². The fraction of sp³-hybridized carbons (Fsp3) is 0.381. The summed E-state index contributed by atoms with van der Waals surface area (Å²) in [5.41, 5.74) is 4.87. The highest BCUT2D eigenvalue weighted by Gasteiger charge is 2.10. The number of nitrogens with one attached hydrogen (secondary N) is 1. The van der Waals surface area contributed by atoms with Gasteiger partial charge in [-0.05, 0) is 62.9 Å². The maximum Gasteiger partial charge on any atom is 0.220 e. The van der Waals surface area contributed by atoms with Crippen molar-refractivity contribution in [2.75, 3.05) is 6.61 Å². The number of amides is 1. The lowest BCUT2D eigenvalue weighted by atomic mass is 10.0. The molecule has 0 aliphatic heterocycles. The van der Waals surface area contributed by atoms with Crippen LogP contribution < -0.4 is 10.1 Å². The van der Waals surface area contributed by atoms with Crippen molar-refractivity contribution >= 4 is 5.91 Å². The summed E-state index contributed by atoms with van der Waals surface area (Å²) >= 11 is 0. The van der Waals surface area contributed by atoms with Crippen molar-refractivity contribution in [1.29, 1.82) is 0 Å². The summed E-state index contributed by atoms with van der Waals surface area (Å²) in [6, 6.07) is 14.3.